The van der Waals surface area contributed by atoms with Crippen molar-refractivity contribution in [1.82, 2.24) is 4.90 Å². The van der Waals surface area contributed by atoms with Gasteiger partial charge in [-0.3, -0.25) is 9.59 Å². The van der Waals surface area contributed by atoms with Crippen LogP contribution in [0.4, 0.5) is 0 Å². The van der Waals surface area contributed by atoms with Crippen molar-refractivity contribution in [1.29, 1.82) is 0 Å². The van der Waals surface area contributed by atoms with Crippen molar-refractivity contribution in [3.63, 3.8) is 0 Å². The first kappa shape index (κ1) is 13.2. The summed E-state index contributed by atoms with van der Waals surface area (Å²) in [4.78, 5) is 24.0. The maximum atomic E-state index is 11.7. The zero-order valence-corrected chi connectivity index (χ0v) is 10.9. The molecule has 4 nitrogen and oxygen atoms in total. The number of rotatable bonds is 3. The predicted octanol–water partition coefficient (Wildman–Crippen LogP) is 2.43. The quantitative estimate of drug-likeness (QED) is 0.929. The number of nitrogens with zero attached hydrogens (tertiary/aromatic N) is 1. The molecule has 96 valence electrons. The third-order valence-corrected chi connectivity index (χ3v) is 3.68. The van der Waals surface area contributed by atoms with Crippen molar-refractivity contribution in [2.45, 2.75) is 13.0 Å². The van der Waals surface area contributed by atoms with Crippen LogP contribution in [0, 0.1) is 5.92 Å². The summed E-state index contributed by atoms with van der Waals surface area (Å²) in [5.41, 5.74) is 0.653. The van der Waals surface area contributed by atoms with Gasteiger partial charge < -0.3 is 10.0 Å². The summed E-state index contributed by atoms with van der Waals surface area (Å²) >= 11 is 12.0. The van der Waals surface area contributed by atoms with E-state index in [1.165, 1.54) is 4.90 Å². The highest BCUT2D eigenvalue weighted by Crippen LogP contribution is 2.28. The second-order valence-electron chi connectivity index (χ2n) is 4.21. The van der Waals surface area contributed by atoms with Gasteiger partial charge in [0.05, 0.1) is 5.92 Å². The number of amides is 1. The molecule has 1 aliphatic heterocycles. The van der Waals surface area contributed by atoms with E-state index in [9.17, 15) is 9.59 Å². The number of benzene rings is 1. The fourth-order valence-electron chi connectivity index (χ4n) is 1.96. The van der Waals surface area contributed by atoms with Crippen molar-refractivity contribution in [3.8, 4) is 0 Å². The van der Waals surface area contributed by atoms with Gasteiger partial charge in [-0.1, -0.05) is 29.3 Å². The van der Waals surface area contributed by atoms with Gasteiger partial charge in [0.2, 0.25) is 5.91 Å². The summed E-state index contributed by atoms with van der Waals surface area (Å²) in [5.74, 6) is -1.77. The van der Waals surface area contributed by atoms with Crippen molar-refractivity contribution in [3.05, 3.63) is 33.8 Å². The zero-order valence-electron chi connectivity index (χ0n) is 9.40. The van der Waals surface area contributed by atoms with Crippen LogP contribution in [0.25, 0.3) is 0 Å². The summed E-state index contributed by atoms with van der Waals surface area (Å²) in [6, 6.07) is 5.11. The van der Waals surface area contributed by atoms with Crippen LogP contribution in [0.2, 0.25) is 10.0 Å². The van der Waals surface area contributed by atoms with Gasteiger partial charge in [0.25, 0.3) is 0 Å². The Labute approximate surface area is 114 Å². The molecule has 6 heteroatoms. The normalized spacial score (nSPS) is 19.3. The zero-order chi connectivity index (χ0) is 13.3. The minimum absolute atomic E-state index is 0.0391. The third kappa shape index (κ3) is 2.60. The number of carbonyl (C=O) groups is 2. The van der Waals surface area contributed by atoms with Gasteiger partial charge in [-0.2, -0.15) is 0 Å². The summed E-state index contributed by atoms with van der Waals surface area (Å²) < 4.78 is 0. The van der Waals surface area contributed by atoms with Crippen LogP contribution in [0.3, 0.4) is 0 Å². The minimum atomic E-state index is -0.948. The van der Waals surface area contributed by atoms with E-state index in [-0.39, 0.29) is 25.4 Å². The molecule has 1 aromatic carbocycles. The Bertz CT molecular complexity index is 484. The summed E-state index contributed by atoms with van der Waals surface area (Å²) in [6.07, 6.45) is 0.0391. The number of hydrogen-bond donors (Lipinski definition) is 1. The van der Waals surface area contributed by atoms with E-state index in [1.807, 2.05) is 0 Å². The smallest absolute Gasteiger partial charge is 0.308 e. The Hall–Kier alpha value is -1.26. The van der Waals surface area contributed by atoms with Crippen molar-refractivity contribution >= 4 is 35.1 Å². The Kier molecular flexibility index (Phi) is 3.78. The Balaban J connectivity index is 2.15. The summed E-state index contributed by atoms with van der Waals surface area (Å²) in [5, 5.41) is 9.85. The number of aliphatic carboxylic acids is 1. The Morgan fingerprint density at radius 3 is 2.50 bits per heavy atom. The first-order valence-corrected chi connectivity index (χ1v) is 6.18. The minimum Gasteiger partial charge on any atom is -0.481 e. The molecule has 2 rings (SSSR count). The van der Waals surface area contributed by atoms with E-state index in [4.69, 9.17) is 28.3 Å². The van der Waals surface area contributed by atoms with Crippen LogP contribution in [0.1, 0.15) is 12.0 Å². The fraction of sp³-hybridized carbons (Fsp3) is 0.333. The highest BCUT2D eigenvalue weighted by molar-refractivity contribution is 6.36. The summed E-state index contributed by atoms with van der Waals surface area (Å²) in [6.45, 7) is 0.455. The first-order valence-electron chi connectivity index (χ1n) is 5.42. The lowest BCUT2D eigenvalue weighted by molar-refractivity contribution is -0.141. The second kappa shape index (κ2) is 5.16. The lowest BCUT2D eigenvalue weighted by atomic mass is 10.1. The lowest BCUT2D eigenvalue weighted by Crippen LogP contribution is -2.26. The molecular formula is C12H11Cl2NO3. The van der Waals surface area contributed by atoms with Crippen molar-refractivity contribution < 1.29 is 14.7 Å². The average Bonchev–Trinajstić information content (AvgIpc) is 2.66. The van der Waals surface area contributed by atoms with E-state index in [2.05, 4.69) is 0 Å². The molecule has 0 bridgehead atoms. The molecule has 1 aromatic rings. The third-order valence-electron chi connectivity index (χ3n) is 2.97. The van der Waals surface area contributed by atoms with Gasteiger partial charge in [0, 0.05) is 35.1 Å². The number of carboxylic acids is 1. The molecule has 1 unspecified atom stereocenters. The molecule has 18 heavy (non-hydrogen) atoms. The largest absolute Gasteiger partial charge is 0.481 e. The van der Waals surface area contributed by atoms with Gasteiger partial charge in [-0.05, 0) is 12.1 Å². The monoisotopic (exact) mass is 287 g/mol. The highest BCUT2D eigenvalue weighted by Gasteiger charge is 2.34. The van der Waals surface area contributed by atoms with Gasteiger partial charge in [0.15, 0.2) is 0 Å². The lowest BCUT2D eigenvalue weighted by Gasteiger charge is -2.17. The maximum absolute atomic E-state index is 11.7. The van der Waals surface area contributed by atoms with Crippen LogP contribution in [0.5, 0.6) is 0 Å². The molecule has 1 amide bonds. The van der Waals surface area contributed by atoms with E-state index in [0.717, 1.165) is 0 Å². The number of halogens is 2. The molecule has 1 atom stereocenters. The van der Waals surface area contributed by atoms with Gasteiger partial charge in [0.1, 0.15) is 0 Å². The number of hydrogen-bond acceptors (Lipinski definition) is 2. The standard InChI is InChI=1S/C12H11Cl2NO3/c13-9-2-1-3-10(14)8(9)6-15-5-7(12(17)18)4-11(15)16/h1-3,7H,4-6H2,(H,17,18). The van der Waals surface area contributed by atoms with Gasteiger partial charge in [-0.15, -0.1) is 0 Å². The fourth-order valence-corrected chi connectivity index (χ4v) is 2.48. The predicted molar refractivity (Wildman–Crippen MR) is 67.6 cm³/mol. The average molecular weight is 288 g/mol. The molecule has 1 saturated heterocycles. The molecule has 1 heterocycles. The molecule has 0 aliphatic carbocycles. The molecular weight excluding hydrogens is 277 g/mol. The first-order chi connectivity index (χ1) is 8.49. The molecule has 1 N–H and O–H groups in total. The topological polar surface area (TPSA) is 57.6 Å². The number of carbonyl (C=O) groups excluding carboxylic acids is 1. The van der Waals surface area contributed by atoms with Crippen LogP contribution in [0.15, 0.2) is 18.2 Å². The summed E-state index contributed by atoms with van der Waals surface area (Å²) in [7, 11) is 0. The van der Waals surface area contributed by atoms with Crippen LogP contribution >= 0.6 is 23.2 Å². The van der Waals surface area contributed by atoms with Crippen molar-refractivity contribution in [2.24, 2.45) is 5.92 Å². The Morgan fingerprint density at radius 2 is 2.00 bits per heavy atom. The number of likely N-dealkylation sites (tertiary alicyclic amines) is 1. The molecule has 1 aliphatic rings. The molecule has 0 radical (unpaired) electrons. The second-order valence-corrected chi connectivity index (χ2v) is 5.03. The van der Waals surface area contributed by atoms with Crippen LogP contribution in [-0.2, 0) is 16.1 Å². The van der Waals surface area contributed by atoms with Crippen LogP contribution < -0.4 is 0 Å². The maximum Gasteiger partial charge on any atom is 0.308 e. The van der Waals surface area contributed by atoms with E-state index in [0.29, 0.717) is 15.6 Å². The van der Waals surface area contributed by atoms with E-state index >= 15 is 0 Å². The SMILES string of the molecule is O=C(O)C1CC(=O)N(Cc2c(Cl)cccc2Cl)C1. The van der Waals surface area contributed by atoms with Crippen molar-refractivity contribution in [2.75, 3.05) is 6.54 Å². The Morgan fingerprint density at radius 1 is 1.39 bits per heavy atom. The molecule has 0 saturated carbocycles. The van der Waals surface area contributed by atoms with E-state index < -0.39 is 11.9 Å². The highest BCUT2D eigenvalue weighted by atomic mass is 35.5. The van der Waals surface area contributed by atoms with Crippen LogP contribution in [-0.4, -0.2) is 28.4 Å². The van der Waals surface area contributed by atoms with Gasteiger partial charge >= 0.3 is 5.97 Å². The molecule has 0 aromatic heterocycles. The molecule has 1 fully saturated rings. The van der Waals surface area contributed by atoms with Gasteiger partial charge in [-0.25, -0.2) is 0 Å². The van der Waals surface area contributed by atoms with E-state index in [1.54, 1.807) is 18.2 Å². The molecule has 0 spiro atoms. The number of carboxylic acid groups (broad SMARTS) is 1.